The molecule has 0 saturated heterocycles. The van der Waals surface area contributed by atoms with Crippen molar-refractivity contribution in [2.75, 3.05) is 46.4 Å². The third kappa shape index (κ3) is 9.44. The van der Waals surface area contributed by atoms with Crippen LogP contribution < -0.4 is 20.1 Å². The number of aldehydes is 1. The van der Waals surface area contributed by atoms with Gasteiger partial charge in [-0.15, -0.1) is 0 Å². The molecule has 2 N–H and O–H groups in total. The normalized spacial score (nSPS) is 11.2. The van der Waals surface area contributed by atoms with Crippen LogP contribution in [0.4, 0.5) is 11.5 Å². The Bertz CT molecular complexity index is 1190. The number of amides is 1. The van der Waals surface area contributed by atoms with E-state index in [1.165, 1.54) is 6.33 Å². The highest BCUT2D eigenvalue weighted by molar-refractivity contribution is 6.31. The number of methoxy groups -OCH3 is 2. The maximum Gasteiger partial charge on any atom is 0.220 e. The summed E-state index contributed by atoms with van der Waals surface area (Å²) in [4.78, 5) is 31.0. The fraction of sp³-hybridized carbons (Fsp3) is 0.407. The van der Waals surface area contributed by atoms with Gasteiger partial charge in [0.25, 0.3) is 0 Å². The molecule has 11 heteroatoms. The van der Waals surface area contributed by atoms with Crippen LogP contribution >= 0.6 is 11.6 Å². The topological polar surface area (TPSA) is 121 Å². The summed E-state index contributed by atoms with van der Waals surface area (Å²) in [5.74, 6) is 1.40. The fourth-order valence-electron chi connectivity index (χ4n) is 3.39. The molecule has 0 aliphatic rings. The van der Waals surface area contributed by atoms with Crippen LogP contribution in [-0.2, 0) is 19.1 Å². The SMILES string of the molecule is CCOC(CNC(=O)CCC=O)COc1cc2ncnc(Nc3ccc(Cl)c(C)c3)c2cc1OC.COC. The van der Waals surface area contributed by atoms with E-state index in [0.29, 0.717) is 34.5 Å². The molecule has 38 heavy (non-hydrogen) atoms. The molecule has 1 unspecified atom stereocenters. The number of hydrogen-bond acceptors (Lipinski definition) is 9. The second kappa shape index (κ2) is 16.4. The minimum absolute atomic E-state index is 0.146. The first-order chi connectivity index (χ1) is 18.4. The maximum absolute atomic E-state index is 11.8. The minimum atomic E-state index is -0.378. The van der Waals surface area contributed by atoms with Crippen LogP contribution in [0.5, 0.6) is 11.5 Å². The highest BCUT2D eigenvalue weighted by atomic mass is 35.5. The molecule has 1 amide bonds. The molecule has 206 valence electrons. The van der Waals surface area contributed by atoms with E-state index in [1.807, 2.05) is 38.1 Å². The van der Waals surface area contributed by atoms with Gasteiger partial charge in [-0.2, -0.15) is 0 Å². The Labute approximate surface area is 228 Å². The van der Waals surface area contributed by atoms with Gasteiger partial charge >= 0.3 is 0 Å². The van der Waals surface area contributed by atoms with E-state index in [2.05, 4.69) is 25.3 Å². The number of carbonyl (C=O) groups is 2. The van der Waals surface area contributed by atoms with E-state index in [9.17, 15) is 9.59 Å². The average Bonchev–Trinajstić information content (AvgIpc) is 2.91. The number of hydrogen-bond donors (Lipinski definition) is 2. The lowest BCUT2D eigenvalue weighted by Crippen LogP contribution is -2.37. The standard InChI is InChI=1S/C25H29ClN4O5.C2H6O/c1-4-34-18(13-27-24(32)6-5-9-31)14-35-23-12-21-19(11-22(23)33-3)25(29-15-28-21)30-17-7-8-20(26)16(2)10-17;1-3-2/h7-12,15,18H,4-6,13-14H2,1-3H3,(H,27,32)(H,28,29,30);1-2H3. The maximum atomic E-state index is 11.8. The molecule has 0 aliphatic carbocycles. The fourth-order valence-corrected chi connectivity index (χ4v) is 3.50. The van der Waals surface area contributed by atoms with Crippen LogP contribution in [0.2, 0.25) is 5.02 Å². The van der Waals surface area contributed by atoms with Gasteiger partial charge in [0.2, 0.25) is 5.91 Å². The van der Waals surface area contributed by atoms with E-state index in [4.69, 9.17) is 25.8 Å². The summed E-state index contributed by atoms with van der Waals surface area (Å²) in [5.41, 5.74) is 2.46. The molecule has 3 aromatic rings. The van der Waals surface area contributed by atoms with Gasteiger partial charge in [0.1, 0.15) is 31.1 Å². The Morgan fingerprint density at radius 3 is 2.55 bits per heavy atom. The number of fused-ring (bicyclic) bond motifs is 1. The zero-order valence-corrected chi connectivity index (χ0v) is 23.1. The lowest BCUT2D eigenvalue weighted by molar-refractivity contribution is -0.123. The average molecular weight is 547 g/mol. The van der Waals surface area contributed by atoms with Crippen molar-refractivity contribution in [1.82, 2.24) is 15.3 Å². The summed E-state index contributed by atoms with van der Waals surface area (Å²) in [6.45, 7) is 4.71. The van der Waals surface area contributed by atoms with Crippen molar-refractivity contribution < 1.29 is 28.5 Å². The number of nitrogens with one attached hydrogen (secondary N) is 2. The minimum Gasteiger partial charge on any atom is -0.493 e. The first-order valence-electron chi connectivity index (χ1n) is 12.1. The van der Waals surface area contributed by atoms with Crippen LogP contribution in [0.25, 0.3) is 10.9 Å². The number of carbonyl (C=O) groups excluding carboxylic acids is 2. The molecule has 0 radical (unpaired) electrons. The summed E-state index contributed by atoms with van der Waals surface area (Å²) < 4.78 is 21.5. The predicted octanol–water partition coefficient (Wildman–Crippen LogP) is 4.49. The van der Waals surface area contributed by atoms with E-state index < -0.39 is 0 Å². The van der Waals surface area contributed by atoms with Crippen molar-refractivity contribution in [3.05, 3.63) is 47.2 Å². The Morgan fingerprint density at radius 1 is 1.13 bits per heavy atom. The Hall–Kier alpha value is -3.47. The van der Waals surface area contributed by atoms with Crippen molar-refractivity contribution in [1.29, 1.82) is 0 Å². The van der Waals surface area contributed by atoms with Crippen LogP contribution in [0, 0.1) is 6.92 Å². The van der Waals surface area contributed by atoms with Crippen LogP contribution in [0.3, 0.4) is 0 Å². The van der Waals surface area contributed by atoms with Crippen molar-refractivity contribution in [2.45, 2.75) is 32.8 Å². The molecule has 10 nitrogen and oxygen atoms in total. The van der Waals surface area contributed by atoms with Crippen LogP contribution in [-0.4, -0.2) is 69.4 Å². The molecule has 1 heterocycles. The number of anilines is 2. The second-order valence-corrected chi connectivity index (χ2v) is 8.54. The largest absolute Gasteiger partial charge is 0.493 e. The Morgan fingerprint density at radius 2 is 1.89 bits per heavy atom. The van der Waals surface area contributed by atoms with Crippen LogP contribution in [0.15, 0.2) is 36.7 Å². The van der Waals surface area contributed by atoms with Gasteiger partial charge in [0, 0.05) is 62.4 Å². The van der Waals surface area contributed by atoms with Gasteiger partial charge in [-0.3, -0.25) is 4.79 Å². The molecule has 3 rings (SSSR count). The summed E-state index contributed by atoms with van der Waals surface area (Å²) in [7, 11) is 4.81. The van der Waals surface area contributed by atoms with Gasteiger partial charge in [-0.1, -0.05) is 11.6 Å². The molecule has 1 atom stereocenters. The number of rotatable bonds is 13. The zero-order chi connectivity index (χ0) is 27.9. The summed E-state index contributed by atoms with van der Waals surface area (Å²) in [6, 6.07) is 9.24. The number of ether oxygens (including phenoxy) is 4. The lowest BCUT2D eigenvalue weighted by Gasteiger charge is -2.20. The monoisotopic (exact) mass is 546 g/mol. The summed E-state index contributed by atoms with van der Waals surface area (Å²) in [5, 5.41) is 7.52. The molecule has 1 aromatic heterocycles. The van der Waals surface area contributed by atoms with Gasteiger partial charge in [0.15, 0.2) is 11.5 Å². The Kier molecular flexibility index (Phi) is 13.3. The smallest absolute Gasteiger partial charge is 0.220 e. The third-order valence-electron chi connectivity index (χ3n) is 5.18. The van der Waals surface area contributed by atoms with Crippen molar-refractivity contribution in [2.24, 2.45) is 0 Å². The number of benzene rings is 2. The first-order valence-corrected chi connectivity index (χ1v) is 12.4. The van der Waals surface area contributed by atoms with Crippen LogP contribution in [0.1, 0.15) is 25.3 Å². The highest BCUT2D eigenvalue weighted by Gasteiger charge is 2.16. The number of aromatic nitrogens is 2. The van der Waals surface area contributed by atoms with Gasteiger partial charge in [-0.05, 0) is 43.7 Å². The number of halogens is 1. The van der Waals surface area contributed by atoms with Gasteiger partial charge < -0.3 is 34.4 Å². The third-order valence-corrected chi connectivity index (χ3v) is 5.61. The molecule has 0 aliphatic heterocycles. The van der Waals surface area contributed by atoms with E-state index in [1.54, 1.807) is 27.4 Å². The molecule has 0 spiro atoms. The molecule has 2 aromatic carbocycles. The van der Waals surface area contributed by atoms with Crippen molar-refractivity contribution >= 4 is 46.2 Å². The highest BCUT2D eigenvalue weighted by Crippen LogP contribution is 2.35. The van der Waals surface area contributed by atoms with E-state index in [0.717, 1.165) is 22.9 Å². The van der Waals surface area contributed by atoms with Gasteiger partial charge in [0.05, 0.1) is 12.6 Å². The first kappa shape index (κ1) is 30.8. The second-order valence-electron chi connectivity index (χ2n) is 8.14. The van der Waals surface area contributed by atoms with E-state index in [-0.39, 0.29) is 38.0 Å². The molecular formula is C27H35ClN4O6. The van der Waals surface area contributed by atoms with Gasteiger partial charge in [-0.25, -0.2) is 9.97 Å². The van der Waals surface area contributed by atoms with Crippen molar-refractivity contribution in [3.63, 3.8) is 0 Å². The molecular weight excluding hydrogens is 512 g/mol. The Balaban J connectivity index is 0.00000161. The quantitative estimate of drug-likeness (QED) is 0.299. The molecule has 0 saturated carbocycles. The predicted molar refractivity (Wildman–Crippen MR) is 148 cm³/mol. The van der Waals surface area contributed by atoms with E-state index >= 15 is 0 Å². The summed E-state index contributed by atoms with van der Waals surface area (Å²) >= 11 is 6.14. The van der Waals surface area contributed by atoms with Crippen molar-refractivity contribution in [3.8, 4) is 11.5 Å². The lowest BCUT2D eigenvalue weighted by atomic mass is 10.2. The molecule has 0 fully saturated rings. The number of nitrogens with zero attached hydrogens (tertiary/aromatic N) is 2. The zero-order valence-electron chi connectivity index (χ0n) is 22.4. The summed E-state index contributed by atoms with van der Waals surface area (Å²) in [6.07, 6.45) is 2.15. The molecule has 0 bridgehead atoms. The number of aryl methyl sites for hydroxylation is 1.